The van der Waals surface area contributed by atoms with Gasteiger partial charge in [-0.3, -0.25) is 0 Å². The highest BCUT2D eigenvalue weighted by molar-refractivity contribution is 5.80. The van der Waals surface area contributed by atoms with Crippen LogP contribution in [0.3, 0.4) is 0 Å². The fourth-order valence-corrected chi connectivity index (χ4v) is 3.32. The number of fused-ring (bicyclic) bond motifs is 4. The van der Waals surface area contributed by atoms with Gasteiger partial charge in [-0.05, 0) is 31.2 Å². The molecule has 0 unspecified atom stereocenters. The monoisotopic (exact) mass is 333 g/mol. The predicted molar refractivity (Wildman–Crippen MR) is 93.5 cm³/mol. The molecule has 3 heterocycles. The van der Waals surface area contributed by atoms with Gasteiger partial charge in [0.05, 0.1) is 16.6 Å². The van der Waals surface area contributed by atoms with Crippen molar-refractivity contribution < 1.29 is 0 Å². The number of aromatic nitrogens is 7. The van der Waals surface area contributed by atoms with E-state index >= 15 is 0 Å². The molecule has 0 saturated carbocycles. The molecule has 0 atom stereocenters. The Bertz CT molecular complexity index is 1290. The van der Waals surface area contributed by atoms with Gasteiger partial charge in [0.15, 0.2) is 0 Å². The molecule has 5 rings (SSSR count). The maximum Gasteiger partial charge on any atom is 0.353 e. The van der Waals surface area contributed by atoms with Crippen molar-refractivity contribution in [3.63, 3.8) is 0 Å². The zero-order chi connectivity index (χ0) is 17.0. The van der Waals surface area contributed by atoms with Crippen molar-refractivity contribution in [1.82, 2.24) is 33.7 Å². The van der Waals surface area contributed by atoms with Crippen LogP contribution in [0.4, 0.5) is 0 Å². The average Bonchev–Trinajstić information content (AvgIpc) is 3.28. The van der Waals surface area contributed by atoms with Gasteiger partial charge < -0.3 is 4.57 Å². The molecule has 8 heteroatoms. The minimum absolute atomic E-state index is 0.182. The Balaban J connectivity index is 1.72. The number of hydrogen-bond donors (Lipinski definition) is 0. The molecule has 0 amide bonds. The third-order valence-electron chi connectivity index (χ3n) is 4.48. The Labute approximate surface area is 141 Å². The number of aryl methyl sites for hydroxylation is 1. The first-order valence-corrected chi connectivity index (χ1v) is 8.13. The molecule has 8 nitrogen and oxygen atoms in total. The zero-order valence-electron chi connectivity index (χ0n) is 13.6. The van der Waals surface area contributed by atoms with Crippen LogP contribution >= 0.6 is 0 Å². The van der Waals surface area contributed by atoms with E-state index in [2.05, 4.69) is 15.4 Å². The van der Waals surface area contributed by atoms with Gasteiger partial charge in [0.2, 0.25) is 5.78 Å². The van der Waals surface area contributed by atoms with Gasteiger partial charge in [-0.2, -0.15) is 4.68 Å². The summed E-state index contributed by atoms with van der Waals surface area (Å²) in [5, 5.41) is 12.8. The number of benzene rings is 2. The molecule has 25 heavy (non-hydrogen) atoms. The molecular formula is C17H15N7O. The fraction of sp³-hybridized carbons (Fsp3) is 0.176. The quantitative estimate of drug-likeness (QED) is 0.504. The Morgan fingerprint density at radius 3 is 2.44 bits per heavy atom. The van der Waals surface area contributed by atoms with Crippen LogP contribution in [0.1, 0.15) is 6.92 Å². The summed E-state index contributed by atoms with van der Waals surface area (Å²) in [6.07, 6.45) is 0. The lowest BCUT2D eigenvalue weighted by atomic mass is 10.3. The lowest BCUT2D eigenvalue weighted by molar-refractivity contribution is 0.488. The van der Waals surface area contributed by atoms with E-state index in [0.29, 0.717) is 5.78 Å². The third-order valence-corrected chi connectivity index (χ3v) is 4.48. The van der Waals surface area contributed by atoms with Crippen LogP contribution in [0, 0.1) is 0 Å². The molecule has 3 aromatic heterocycles. The van der Waals surface area contributed by atoms with Crippen LogP contribution in [-0.2, 0) is 13.2 Å². The molecule has 0 fully saturated rings. The summed E-state index contributed by atoms with van der Waals surface area (Å²) < 4.78 is 6.79. The van der Waals surface area contributed by atoms with Gasteiger partial charge in [0.1, 0.15) is 12.2 Å². The zero-order valence-corrected chi connectivity index (χ0v) is 13.6. The van der Waals surface area contributed by atoms with Crippen molar-refractivity contribution in [2.75, 3.05) is 0 Å². The highest BCUT2D eigenvalue weighted by Crippen LogP contribution is 2.18. The largest absolute Gasteiger partial charge is 0.353 e. The highest BCUT2D eigenvalue weighted by atomic mass is 16.2. The Kier molecular flexibility index (Phi) is 2.81. The molecule has 0 bridgehead atoms. The molecule has 0 aliphatic heterocycles. The van der Waals surface area contributed by atoms with E-state index in [4.69, 9.17) is 0 Å². The predicted octanol–water partition coefficient (Wildman–Crippen LogP) is 1.72. The van der Waals surface area contributed by atoms with Crippen LogP contribution in [0.2, 0.25) is 0 Å². The second-order valence-corrected chi connectivity index (χ2v) is 5.87. The van der Waals surface area contributed by atoms with Crippen LogP contribution in [-0.4, -0.2) is 33.7 Å². The molecule has 0 aliphatic rings. The normalized spacial score (nSPS) is 11.9. The van der Waals surface area contributed by atoms with Crippen LogP contribution in [0.5, 0.6) is 0 Å². The standard InChI is InChI=1S/C17H15N7O/c1-2-21-14-9-5-6-10-15(14)24-16(21)19-23(17(24)25)11-22-13-8-4-3-7-12(13)18-20-22/h3-10H,2,11H2,1H3. The molecule has 0 aliphatic carbocycles. The van der Waals surface area contributed by atoms with E-state index in [0.717, 1.165) is 28.6 Å². The molecular weight excluding hydrogens is 318 g/mol. The van der Waals surface area contributed by atoms with E-state index in [1.165, 1.54) is 4.68 Å². The van der Waals surface area contributed by atoms with Crippen molar-refractivity contribution in [2.24, 2.45) is 0 Å². The molecule has 0 spiro atoms. The van der Waals surface area contributed by atoms with E-state index in [1.807, 2.05) is 60.0 Å². The summed E-state index contributed by atoms with van der Waals surface area (Å²) in [6.45, 7) is 3.00. The minimum atomic E-state index is -0.182. The average molecular weight is 333 g/mol. The SMILES string of the molecule is CCn1c2ccccc2n2c(=O)n(Cn3nnc4ccccc43)nc12. The maximum atomic E-state index is 12.9. The third kappa shape index (κ3) is 1.87. The number of imidazole rings is 1. The summed E-state index contributed by atoms with van der Waals surface area (Å²) >= 11 is 0. The first kappa shape index (κ1) is 14.0. The first-order valence-electron chi connectivity index (χ1n) is 8.13. The maximum absolute atomic E-state index is 12.9. The second kappa shape index (κ2) is 5.04. The molecule has 0 saturated heterocycles. The molecule has 0 N–H and O–H groups in total. The van der Waals surface area contributed by atoms with Gasteiger partial charge in [-0.25, -0.2) is 13.9 Å². The fourth-order valence-electron chi connectivity index (χ4n) is 3.32. The van der Waals surface area contributed by atoms with Crippen LogP contribution < -0.4 is 5.69 Å². The lowest BCUT2D eigenvalue weighted by Gasteiger charge is -2.02. The van der Waals surface area contributed by atoms with Crippen LogP contribution in [0.25, 0.3) is 27.8 Å². The van der Waals surface area contributed by atoms with Gasteiger partial charge in [0, 0.05) is 6.54 Å². The molecule has 5 aromatic rings. The Morgan fingerprint density at radius 1 is 0.920 bits per heavy atom. The highest BCUT2D eigenvalue weighted by Gasteiger charge is 2.17. The van der Waals surface area contributed by atoms with Crippen molar-refractivity contribution in [3.05, 3.63) is 59.0 Å². The smallest absolute Gasteiger partial charge is 0.309 e. The van der Waals surface area contributed by atoms with E-state index in [-0.39, 0.29) is 12.4 Å². The number of hydrogen-bond acceptors (Lipinski definition) is 4. The Hall–Kier alpha value is -3.42. The van der Waals surface area contributed by atoms with Crippen molar-refractivity contribution in [1.29, 1.82) is 0 Å². The van der Waals surface area contributed by atoms with Gasteiger partial charge in [0.25, 0.3) is 0 Å². The van der Waals surface area contributed by atoms with E-state index in [1.54, 1.807) is 9.08 Å². The van der Waals surface area contributed by atoms with Crippen LogP contribution in [0.15, 0.2) is 53.3 Å². The molecule has 0 radical (unpaired) electrons. The molecule has 2 aromatic carbocycles. The second-order valence-electron chi connectivity index (χ2n) is 5.87. The summed E-state index contributed by atoms with van der Waals surface area (Å²) in [6, 6.07) is 15.5. The van der Waals surface area contributed by atoms with Crippen molar-refractivity contribution >= 4 is 27.8 Å². The summed E-state index contributed by atoms with van der Waals surface area (Å²) in [7, 11) is 0. The van der Waals surface area contributed by atoms with Crippen molar-refractivity contribution in [3.8, 4) is 0 Å². The number of para-hydroxylation sites is 3. The minimum Gasteiger partial charge on any atom is -0.309 e. The Morgan fingerprint density at radius 2 is 1.64 bits per heavy atom. The lowest BCUT2D eigenvalue weighted by Crippen LogP contribution is -2.25. The summed E-state index contributed by atoms with van der Waals surface area (Å²) in [5.41, 5.74) is 3.35. The summed E-state index contributed by atoms with van der Waals surface area (Å²) in [5.74, 6) is 0.637. The van der Waals surface area contributed by atoms with Gasteiger partial charge >= 0.3 is 5.69 Å². The molecule has 124 valence electrons. The van der Waals surface area contributed by atoms with Gasteiger partial charge in [-0.1, -0.05) is 29.5 Å². The first-order chi connectivity index (χ1) is 12.3. The number of rotatable bonds is 3. The van der Waals surface area contributed by atoms with Gasteiger partial charge in [-0.15, -0.1) is 10.2 Å². The topological polar surface area (TPSA) is 74.9 Å². The summed E-state index contributed by atoms with van der Waals surface area (Å²) in [4.78, 5) is 12.9. The van der Waals surface area contributed by atoms with Crippen molar-refractivity contribution in [2.45, 2.75) is 20.1 Å². The number of nitrogens with zero attached hydrogens (tertiary/aromatic N) is 7. The van der Waals surface area contributed by atoms with E-state index in [9.17, 15) is 4.79 Å². The van der Waals surface area contributed by atoms with E-state index < -0.39 is 0 Å².